The molecule has 0 aromatic carbocycles. The van der Waals surface area contributed by atoms with Crippen LogP contribution in [0.2, 0.25) is 0 Å². The van der Waals surface area contributed by atoms with Gasteiger partial charge in [0.2, 0.25) is 0 Å². The second-order valence-electron chi connectivity index (χ2n) is 5.23. The summed E-state index contributed by atoms with van der Waals surface area (Å²) in [5.74, 6) is 1.24. The molecule has 0 aliphatic rings. The Morgan fingerprint density at radius 3 is 1.50 bits per heavy atom. The van der Waals surface area contributed by atoms with Crippen LogP contribution in [0, 0.1) is 11.8 Å². The van der Waals surface area contributed by atoms with Crippen LogP contribution in [0.3, 0.4) is 0 Å². The summed E-state index contributed by atoms with van der Waals surface area (Å²) in [7, 11) is 0. The minimum absolute atomic E-state index is 0.620. The highest BCUT2D eigenvalue weighted by molar-refractivity contribution is 7.28. The standard InChI is InChI=1S/C16H20S2/c1-11(2)5-7-13-9-15-16(17-13)10-14(18-15)8-6-12(3)4/h5-12H,1-4H3/b7-5+,8-6+. The summed E-state index contributed by atoms with van der Waals surface area (Å²) in [6, 6.07) is 4.60. The second-order valence-corrected chi connectivity index (χ2v) is 7.46. The molecule has 0 saturated carbocycles. The van der Waals surface area contributed by atoms with Crippen LogP contribution < -0.4 is 0 Å². The van der Waals surface area contributed by atoms with E-state index in [4.69, 9.17) is 0 Å². The van der Waals surface area contributed by atoms with Gasteiger partial charge >= 0.3 is 0 Å². The fourth-order valence-electron chi connectivity index (χ4n) is 1.61. The molecule has 0 atom stereocenters. The van der Waals surface area contributed by atoms with Crippen LogP contribution in [0.25, 0.3) is 21.6 Å². The monoisotopic (exact) mass is 276 g/mol. The van der Waals surface area contributed by atoms with E-state index in [9.17, 15) is 0 Å². The van der Waals surface area contributed by atoms with Crippen molar-refractivity contribution in [1.29, 1.82) is 0 Å². The van der Waals surface area contributed by atoms with Crippen LogP contribution in [0.5, 0.6) is 0 Å². The molecule has 0 aliphatic heterocycles. The molecule has 0 fully saturated rings. The van der Waals surface area contributed by atoms with Gasteiger partial charge in [0.1, 0.15) is 0 Å². The Kier molecular flexibility index (Phi) is 4.41. The van der Waals surface area contributed by atoms with E-state index in [-0.39, 0.29) is 0 Å². The molecule has 2 aromatic heterocycles. The molecule has 2 rings (SSSR count). The summed E-state index contributed by atoms with van der Waals surface area (Å²) in [5.41, 5.74) is 0. The Balaban J connectivity index is 2.20. The fourth-order valence-corrected chi connectivity index (χ4v) is 3.86. The fraction of sp³-hybridized carbons (Fsp3) is 0.375. The van der Waals surface area contributed by atoms with Gasteiger partial charge in [-0.2, -0.15) is 0 Å². The third kappa shape index (κ3) is 3.56. The van der Waals surface area contributed by atoms with Gasteiger partial charge < -0.3 is 0 Å². The van der Waals surface area contributed by atoms with E-state index in [0.717, 1.165) is 0 Å². The minimum Gasteiger partial charge on any atom is -0.135 e. The van der Waals surface area contributed by atoms with Gasteiger partial charge in [0.25, 0.3) is 0 Å². The third-order valence-electron chi connectivity index (χ3n) is 2.54. The van der Waals surface area contributed by atoms with E-state index in [1.807, 2.05) is 22.7 Å². The van der Waals surface area contributed by atoms with Crippen LogP contribution in [0.4, 0.5) is 0 Å². The first-order chi connectivity index (χ1) is 8.54. The van der Waals surface area contributed by atoms with E-state index in [1.54, 1.807) is 0 Å². The van der Waals surface area contributed by atoms with Gasteiger partial charge in [-0.3, -0.25) is 0 Å². The maximum Gasteiger partial charge on any atom is 0.0463 e. The lowest BCUT2D eigenvalue weighted by Gasteiger charge is -1.92. The van der Waals surface area contributed by atoms with Crippen molar-refractivity contribution in [3.63, 3.8) is 0 Å². The maximum atomic E-state index is 2.30. The van der Waals surface area contributed by atoms with Gasteiger partial charge in [-0.25, -0.2) is 0 Å². The Labute approximate surface area is 118 Å². The second kappa shape index (κ2) is 5.85. The van der Waals surface area contributed by atoms with Crippen LogP contribution in [-0.2, 0) is 0 Å². The molecule has 96 valence electrons. The Hall–Kier alpha value is -0.860. The van der Waals surface area contributed by atoms with E-state index in [2.05, 4.69) is 64.1 Å². The lowest BCUT2D eigenvalue weighted by molar-refractivity contribution is 0.836. The number of thiophene rings is 2. The lowest BCUT2D eigenvalue weighted by atomic mass is 10.2. The molecule has 0 N–H and O–H groups in total. The summed E-state index contributed by atoms with van der Waals surface area (Å²) in [6.45, 7) is 8.84. The quantitative estimate of drug-likeness (QED) is 0.614. The van der Waals surface area contributed by atoms with Crippen molar-refractivity contribution in [1.82, 2.24) is 0 Å². The molecule has 0 aliphatic carbocycles. The Bertz CT molecular complexity index is 486. The average molecular weight is 276 g/mol. The highest BCUT2D eigenvalue weighted by Gasteiger charge is 2.04. The van der Waals surface area contributed by atoms with E-state index < -0.39 is 0 Å². The van der Waals surface area contributed by atoms with E-state index >= 15 is 0 Å². The number of rotatable bonds is 4. The van der Waals surface area contributed by atoms with Crippen molar-refractivity contribution in [2.75, 3.05) is 0 Å². The van der Waals surface area contributed by atoms with Gasteiger partial charge in [0.15, 0.2) is 0 Å². The minimum atomic E-state index is 0.620. The van der Waals surface area contributed by atoms with Crippen molar-refractivity contribution in [3.8, 4) is 0 Å². The van der Waals surface area contributed by atoms with Gasteiger partial charge in [0, 0.05) is 19.2 Å². The third-order valence-corrected chi connectivity index (χ3v) is 4.76. The predicted octanol–water partition coefficient (Wildman–Crippen LogP) is 6.30. The molecule has 2 aromatic rings. The number of fused-ring (bicyclic) bond motifs is 1. The molecular weight excluding hydrogens is 256 g/mol. The molecule has 0 amide bonds. The molecule has 0 bridgehead atoms. The molecule has 2 heterocycles. The molecule has 0 radical (unpaired) electrons. The maximum absolute atomic E-state index is 2.30. The first kappa shape index (κ1) is 13.6. The lowest BCUT2D eigenvalue weighted by Crippen LogP contribution is -1.75. The van der Waals surface area contributed by atoms with Crippen LogP contribution in [0.1, 0.15) is 37.4 Å². The van der Waals surface area contributed by atoms with Crippen LogP contribution in [0.15, 0.2) is 24.3 Å². The zero-order chi connectivity index (χ0) is 13.1. The van der Waals surface area contributed by atoms with Gasteiger partial charge in [-0.15, -0.1) is 22.7 Å². The highest BCUT2D eigenvalue weighted by atomic mass is 32.1. The first-order valence-corrected chi connectivity index (χ1v) is 8.07. The summed E-state index contributed by atoms with van der Waals surface area (Å²) in [6.07, 6.45) is 9.00. The summed E-state index contributed by atoms with van der Waals surface area (Å²) < 4.78 is 2.82. The summed E-state index contributed by atoms with van der Waals surface area (Å²) in [4.78, 5) is 2.73. The molecule has 18 heavy (non-hydrogen) atoms. The summed E-state index contributed by atoms with van der Waals surface area (Å²) >= 11 is 3.77. The van der Waals surface area contributed by atoms with Crippen molar-refractivity contribution < 1.29 is 0 Å². The molecule has 2 heteroatoms. The van der Waals surface area contributed by atoms with Crippen molar-refractivity contribution >= 4 is 44.2 Å². The van der Waals surface area contributed by atoms with E-state index in [1.165, 1.54) is 19.2 Å². The number of hydrogen-bond donors (Lipinski definition) is 0. The predicted molar refractivity (Wildman–Crippen MR) is 87.4 cm³/mol. The topological polar surface area (TPSA) is 0 Å². The van der Waals surface area contributed by atoms with Crippen molar-refractivity contribution in [2.24, 2.45) is 11.8 Å². The zero-order valence-corrected chi connectivity index (χ0v) is 13.1. The SMILES string of the molecule is CC(C)/C=C/c1cc2sc(/C=C/C(C)C)cc2s1. The van der Waals surface area contributed by atoms with Crippen LogP contribution >= 0.6 is 22.7 Å². The summed E-state index contributed by atoms with van der Waals surface area (Å²) in [5, 5.41) is 0. The first-order valence-electron chi connectivity index (χ1n) is 6.44. The Morgan fingerprint density at radius 1 is 0.778 bits per heavy atom. The molecular formula is C16H20S2. The highest BCUT2D eigenvalue weighted by Crippen LogP contribution is 2.34. The van der Waals surface area contributed by atoms with Gasteiger partial charge in [-0.05, 0) is 36.1 Å². The molecule has 0 spiro atoms. The van der Waals surface area contributed by atoms with Crippen LogP contribution in [-0.4, -0.2) is 0 Å². The average Bonchev–Trinajstić information content (AvgIpc) is 2.80. The number of allylic oxidation sites excluding steroid dienone is 2. The van der Waals surface area contributed by atoms with Gasteiger partial charge in [-0.1, -0.05) is 39.8 Å². The van der Waals surface area contributed by atoms with Crippen molar-refractivity contribution in [2.45, 2.75) is 27.7 Å². The largest absolute Gasteiger partial charge is 0.135 e. The van der Waals surface area contributed by atoms with E-state index in [0.29, 0.717) is 11.8 Å². The molecule has 0 saturated heterocycles. The normalized spacial score (nSPS) is 13.0. The smallest absolute Gasteiger partial charge is 0.0463 e. The number of hydrogen-bond acceptors (Lipinski definition) is 2. The zero-order valence-electron chi connectivity index (χ0n) is 11.4. The molecule has 0 unspecified atom stereocenters. The van der Waals surface area contributed by atoms with Crippen molar-refractivity contribution in [3.05, 3.63) is 34.0 Å². The Morgan fingerprint density at radius 2 is 1.17 bits per heavy atom. The van der Waals surface area contributed by atoms with Gasteiger partial charge in [0.05, 0.1) is 0 Å². The molecule has 0 nitrogen and oxygen atoms in total.